The van der Waals surface area contributed by atoms with Gasteiger partial charge in [-0.25, -0.2) is 0 Å². The highest BCUT2D eigenvalue weighted by molar-refractivity contribution is 7.99. The van der Waals surface area contributed by atoms with Crippen molar-refractivity contribution >= 4 is 29.3 Å². The summed E-state index contributed by atoms with van der Waals surface area (Å²) in [6.07, 6.45) is 0. The molecule has 3 aromatic carbocycles. The number of nitrogens with one attached hydrogen (secondary N) is 1. The van der Waals surface area contributed by atoms with E-state index in [1.54, 1.807) is 24.3 Å². The van der Waals surface area contributed by atoms with Gasteiger partial charge in [0.1, 0.15) is 5.75 Å². The number of thioether (sulfide) groups is 1. The molecular weight excluding hydrogens is 458 g/mol. The Kier molecular flexibility index (Phi) is 7.65. The summed E-state index contributed by atoms with van der Waals surface area (Å²) in [6.45, 7) is 2.55. The van der Waals surface area contributed by atoms with Crippen molar-refractivity contribution < 1.29 is 13.9 Å². The van der Waals surface area contributed by atoms with Crippen LogP contribution in [0.15, 0.2) is 88.5 Å². The summed E-state index contributed by atoms with van der Waals surface area (Å²) in [5.41, 5.74) is 2.72. The number of hydrogen-bond acceptors (Lipinski definition) is 6. The molecule has 0 saturated heterocycles. The van der Waals surface area contributed by atoms with Crippen LogP contribution in [-0.4, -0.2) is 28.5 Å². The maximum absolute atomic E-state index is 12.8. The van der Waals surface area contributed by atoms with E-state index < -0.39 is 0 Å². The van der Waals surface area contributed by atoms with Crippen LogP contribution >= 0.6 is 23.4 Å². The van der Waals surface area contributed by atoms with Gasteiger partial charge in [0.2, 0.25) is 11.8 Å². The van der Waals surface area contributed by atoms with E-state index in [-0.39, 0.29) is 17.7 Å². The molecule has 1 unspecified atom stereocenters. The smallest absolute Gasteiger partial charge is 0.277 e. The molecule has 1 amide bonds. The monoisotopic (exact) mass is 479 g/mol. The van der Waals surface area contributed by atoms with Crippen LogP contribution in [0, 0.1) is 0 Å². The summed E-state index contributed by atoms with van der Waals surface area (Å²) in [6, 6.07) is 24.4. The van der Waals surface area contributed by atoms with E-state index in [4.69, 9.17) is 20.8 Å². The van der Waals surface area contributed by atoms with Crippen molar-refractivity contribution in [1.82, 2.24) is 15.5 Å². The van der Waals surface area contributed by atoms with Crippen molar-refractivity contribution in [3.8, 4) is 17.2 Å². The molecule has 0 aliphatic heterocycles. The number of ether oxygens (including phenoxy) is 1. The van der Waals surface area contributed by atoms with Crippen molar-refractivity contribution in [2.24, 2.45) is 0 Å². The van der Waals surface area contributed by atoms with Gasteiger partial charge in [-0.3, -0.25) is 4.79 Å². The number of nitrogens with zero attached hydrogens (tertiary/aromatic N) is 2. The fourth-order valence-corrected chi connectivity index (χ4v) is 3.94. The maximum atomic E-state index is 12.8. The highest BCUT2D eigenvalue weighted by Crippen LogP contribution is 2.26. The normalized spacial score (nSPS) is 11.7. The summed E-state index contributed by atoms with van der Waals surface area (Å²) < 4.78 is 11.2. The molecule has 33 heavy (non-hydrogen) atoms. The molecule has 0 aliphatic carbocycles. The van der Waals surface area contributed by atoms with E-state index in [1.165, 1.54) is 11.8 Å². The Labute approximate surface area is 201 Å². The van der Waals surface area contributed by atoms with Crippen LogP contribution in [-0.2, 0) is 4.79 Å². The van der Waals surface area contributed by atoms with E-state index in [9.17, 15) is 4.79 Å². The first kappa shape index (κ1) is 22.9. The lowest BCUT2D eigenvalue weighted by Crippen LogP contribution is -2.30. The van der Waals surface area contributed by atoms with Gasteiger partial charge in [0.05, 0.1) is 18.4 Å². The van der Waals surface area contributed by atoms with Crippen molar-refractivity contribution in [1.29, 1.82) is 0 Å². The number of aromatic nitrogens is 2. The minimum Gasteiger partial charge on any atom is -0.494 e. The lowest BCUT2D eigenvalue weighted by Gasteiger charge is -2.20. The molecule has 1 aromatic heterocycles. The number of hydrogen-bond donors (Lipinski definition) is 1. The molecule has 0 bridgehead atoms. The second kappa shape index (κ2) is 11.0. The summed E-state index contributed by atoms with van der Waals surface area (Å²) in [7, 11) is 0. The molecule has 0 aliphatic rings. The van der Waals surface area contributed by atoms with Gasteiger partial charge < -0.3 is 14.5 Å². The Morgan fingerprint density at radius 1 is 1.00 bits per heavy atom. The third-order valence-electron chi connectivity index (χ3n) is 4.79. The maximum Gasteiger partial charge on any atom is 0.277 e. The first-order valence-electron chi connectivity index (χ1n) is 10.4. The molecule has 6 nitrogen and oxygen atoms in total. The van der Waals surface area contributed by atoms with Gasteiger partial charge in [0.25, 0.3) is 5.22 Å². The standard InChI is InChI=1S/C25H22ClN3O3S/c1-2-31-21-14-10-18(11-15-21)23(17-6-4-3-5-7-17)27-22(30)16-33-25-29-28-24(32-25)19-8-12-20(26)13-9-19/h3-15,23H,2,16H2,1H3,(H,27,30). The Bertz CT molecular complexity index is 1180. The van der Waals surface area contributed by atoms with Crippen molar-refractivity contribution in [3.05, 3.63) is 95.0 Å². The minimum atomic E-state index is -0.290. The van der Waals surface area contributed by atoms with Crippen molar-refractivity contribution in [3.63, 3.8) is 0 Å². The van der Waals surface area contributed by atoms with Gasteiger partial charge >= 0.3 is 0 Å². The largest absolute Gasteiger partial charge is 0.494 e. The fourth-order valence-electron chi connectivity index (χ4n) is 3.23. The van der Waals surface area contributed by atoms with Gasteiger partial charge in [0.15, 0.2) is 0 Å². The molecule has 1 heterocycles. The second-order valence-electron chi connectivity index (χ2n) is 7.08. The summed E-state index contributed by atoms with van der Waals surface area (Å²) in [5, 5.41) is 12.1. The number of halogens is 1. The SMILES string of the molecule is CCOc1ccc(C(NC(=O)CSc2nnc(-c3ccc(Cl)cc3)o2)c2ccccc2)cc1. The van der Waals surface area contributed by atoms with Crippen LogP contribution in [0.5, 0.6) is 5.75 Å². The zero-order chi connectivity index (χ0) is 23.0. The lowest BCUT2D eigenvalue weighted by atomic mass is 9.98. The molecule has 4 rings (SSSR count). The molecule has 0 radical (unpaired) electrons. The van der Waals surface area contributed by atoms with E-state index in [1.807, 2.05) is 61.5 Å². The molecule has 0 fully saturated rings. The molecule has 0 saturated carbocycles. The predicted octanol–water partition coefficient (Wildman–Crippen LogP) is 5.79. The van der Waals surface area contributed by atoms with Crippen molar-refractivity contribution in [2.45, 2.75) is 18.2 Å². The van der Waals surface area contributed by atoms with Gasteiger partial charge in [0, 0.05) is 10.6 Å². The first-order valence-corrected chi connectivity index (χ1v) is 11.8. The summed E-state index contributed by atoms with van der Waals surface area (Å²) in [5.74, 6) is 1.17. The molecule has 8 heteroatoms. The van der Waals surface area contributed by atoms with E-state index >= 15 is 0 Å². The molecule has 0 spiro atoms. The lowest BCUT2D eigenvalue weighted by molar-refractivity contribution is -0.119. The quantitative estimate of drug-likeness (QED) is 0.306. The van der Waals surface area contributed by atoms with Crippen LogP contribution in [0.1, 0.15) is 24.1 Å². The van der Waals surface area contributed by atoms with Gasteiger partial charge in [-0.15, -0.1) is 10.2 Å². The molecular formula is C25H22ClN3O3S. The number of carbonyl (C=O) groups is 1. The predicted molar refractivity (Wildman–Crippen MR) is 130 cm³/mol. The van der Waals surface area contributed by atoms with E-state index in [0.29, 0.717) is 22.7 Å². The summed E-state index contributed by atoms with van der Waals surface area (Å²) >= 11 is 7.11. The Balaban J connectivity index is 1.42. The van der Waals surface area contributed by atoms with Crippen molar-refractivity contribution in [2.75, 3.05) is 12.4 Å². The molecule has 1 atom stereocenters. The zero-order valence-electron chi connectivity index (χ0n) is 17.9. The first-order chi connectivity index (χ1) is 16.1. The van der Waals surface area contributed by atoms with E-state index in [0.717, 1.165) is 22.4 Å². The fraction of sp³-hybridized carbons (Fsp3) is 0.160. The van der Waals surface area contributed by atoms with Crippen LogP contribution in [0.2, 0.25) is 5.02 Å². The highest BCUT2D eigenvalue weighted by Gasteiger charge is 2.18. The third-order valence-corrected chi connectivity index (χ3v) is 5.86. The average Bonchev–Trinajstić information content (AvgIpc) is 3.32. The van der Waals surface area contributed by atoms with Crippen LogP contribution < -0.4 is 10.1 Å². The van der Waals surface area contributed by atoms with Gasteiger partial charge in [-0.05, 0) is 54.4 Å². The number of amides is 1. The Morgan fingerprint density at radius 2 is 1.70 bits per heavy atom. The van der Waals surface area contributed by atoms with Gasteiger partial charge in [-0.1, -0.05) is 65.8 Å². The second-order valence-corrected chi connectivity index (χ2v) is 8.44. The van der Waals surface area contributed by atoms with Crippen LogP contribution in [0.3, 0.4) is 0 Å². The van der Waals surface area contributed by atoms with Crippen LogP contribution in [0.4, 0.5) is 0 Å². The number of carbonyl (C=O) groups excluding carboxylic acids is 1. The number of benzene rings is 3. The highest BCUT2D eigenvalue weighted by atomic mass is 35.5. The topological polar surface area (TPSA) is 77.2 Å². The third kappa shape index (κ3) is 6.15. The average molecular weight is 480 g/mol. The van der Waals surface area contributed by atoms with Crippen LogP contribution in [0.25, 0.3) is 11.5 Å². The Morgan fingerprint density at radius 3 is 2.39 bits per heavy atom. The molecule has 4 aromatic rings. The molecule has 168 valence electrons. The van der Waals surface area contributed by atoms with E-state index in [2.05, 4.69) is 15.5 Å². The minimum absolute atomic E-state index is 0.141. The molecule has 1 N–H and O–H groups in total. The summed E-state index contributed by atoms with van der Waals surface area (Å²) in [4.78, 5) is 12.8. The Hall–Kier alpha value is -3.29. The number of rotatable bonds is 9. The van der Waals surface area contributed by atoms with Gasteiger partial charge in [-0.2, -0.15) is 0 Å². The zero-order valence-corrected chi connectivity index (χ0v) is 19.5.